The zero-order valence-corrected chi connectivity index (χ0v) is 12.6. The molecule has 1 aromatic heterocycles. The van der Waals surface area contributed by atoms with E-state index in [9.17, 15) is 9.90 Å². The first kappa shape index (κ1) is 16.4. The van der Waals surface area contributed by atoms with Gasteiger partial charge in [-0.05, 0) is 19.8 Å². The molecule has 1 rings (SSSR count). The average molecular weight is 280 g/mol. The van der Waals surface area contributed by atoms with E-state index in [1.54, 1.807) is 12.4 Å². The van der Waals surface area contributed by atoms with E-state index in [2.05, 4.69) is 20.6 Å². The Hall–Kier alpha value is -1.69. The van der Waals surface area contributed by atoms with Crippen molar-refractivity contribution in [1.82, 2.24) is 15.3 Å². The Morgan fingerprint density at radius 3 is 2.35 bits per heavy atom. The fourth-order valence-electron chi connectivity index (χ4n) is 1.77. The van der Waals surface area contributed by atoms with E-state index < -0.39 is 12.0 Å². The first-order chi connectivity index (χ1) is 9.43. The number of nitrogens with one attached hydrogen (secondary N) is 2. The van der Waals surface area contributed by atoms with Crippen LogP contribution in [0.3, 0.4) is 0 Å². The van der Waals surface area contributed by atoms with Crippen LogP contribution in [-0.4, -0.2) is 33.1 Å². The monoisotopic (exact) mass is 280 g/mol. The van der Waals surface area contributed by atoms with Crippen LogP contribution in [0.4, 0.5) is 5.95 Å². The maximum Gasteiger partial charge on any atom is 0.320 e. The van der Waals surface area contributed by atoms with Gasteiger partial charge >= 0.3 is 5.97 Å². The van der Waals surface area contributed by atoms with Crippen molar-refractivity contribution in [2.24, 2.45) is 5.92 Å². The summed E-state index contributed by atoms with van der Waals surface area (Å²) in [6.45, 7) is 8.39. The lowest BCUT2D eigenvalue weighted by atomic mass is 9.99. The molecular formula is C14H24N4O2. The maximum atomic E-state index is 11.2. The summed E-state index contributed by atoms with van der Waals surface area (Å²) in [7, 11) is 0. The van der Waals surface area contributed by atoms with E-state index in [1.165, 1.54) is 0 Å². The van der Waals surface area contributed by atoms with Gasteiger partial charge in [-0.2, -0.15) is 0 Å². The Balaban J connectivity index is 2.57. The minimum absolute atomic E-state index is 0.0790. The Bertz CT molecular complexity index is 420. The minimum Gasteiger partial charge on any atom is -0.480 e. The molecule has 3 N–H and O–H groups in total. The largest absolute Gasteiger partial charge is 0.480 e. The van der Waals surface area contributed by atoms with Gasteiger partial charge in [0.25, 0.3) is 0 Å². The van der Waals surface area contributed by atoms with E-state index in [0.717, 1.165) is 12.0 Å². The smallest absolute Gasteiger partial charge is 0.320 e. The number of nitrogens with zero attached hydrogens (tertiary/aromatic N) is 2. The van der Waals surface area contributed by atoms with Crippen molar-refractivity contribution in [3.05, 3.63) is 18.0 Å². The number of aliphatic carboxylic acids is 1. The third kappa shape index (κ3) is 5.13. The van der Waals surface area contributed by atoms with Crippen LogP contribution in [0, 0.1) is 5.92 Å². The van der Waals surface area contributed by atoms with Crippen LogP contribution < -0.4 is 10.6 Å². The molecule has 112 valence electrons. The van der Waals surface area contributed by atoms with Crippen LogP contribution in [0.15, 0.2) is 12.4 Å². The summed E-state index contributed by atoms with van der Waals surface area (Å²) in [6, 6.07) is -0.269. The second-order valence-corrected chi connectivity index (χ2v) is 5.30. The van der Waals surface area contributed by atoms with Crippen LogP contribution in [0.1, 0.15) is 39.7 Å². The van der Waals surface area contributed by atoms with Gasteiger partial charge in [-0.3, -0.25) is 10.1 Å². The predicted molar refractivity (Wildman–Crippen MR) is 78.5 cm³/mol. The minimum atomic E-state index is -0.821. The molecule has 0 saturated heterocycles. The molecule has 1 heterocycles. The third-order valence-corrected chi connectivity index (χ3v) is 3.13. The van der Waals surface area contributed by atoms with Crippen molar-refractivity contribution in [2.75, 3.05) is 5.32 Å². The molecule has 0 spiro atoms. The molecule has 0 amide bonds. The highest BCUT2D eigenvalue weighted by molar-refractivity contribution is 5.73. The molecule has 1 aromatic rings. The van der Waals surface area contributed by atoms with Gasteiger partial charge in [-0.15, -0.1) is 0 Å². The van der Waals surface area contributed by atoms with Gasteiger partial charge in [-0.25, -0.2) is 9.97 Å². The molecule has 0 bridgehead atoms. The summed E-state index contributed by atoms with van der Waals surface area (Å²) in [6.07, 6.45) is 4.23. The summed E-state index contributed by atoms with van der Waals surface area (Å²) in [5, 5.41) is 15.3. The van der Waals surface area contributed by atoms with Gasteiger partial charge < -0.3 is 10.4 Å². The lowest BCUT2D eigenvalue weighted by Crippen LogP contribution is -2.41. The Morgan fingerprint density at radius 1 is 1.30 bits per heavy atom. The first-order valence-electron chi connectivity index (χ1n) is 6.97. The van der Waals surface area contributed by atoms with Crippen molar-refractivity contribution in [1.29, 1.82) is 0 Å². The number of anilines is 1. The lowest BCUT2D eigenvalue weighted by molar-refractivity contribution is -0.140. The summed E-state index contributed by atoms with van der Waals surface area (Å²) in [5.41, 5.74) is 0.869. The van der Waals surface area contributed by atoms with Gasteiger partial charge in [0.2, 0.25) is 5.95 Å². The summed E-state index contributed by atoms with van der Waals surface area (Å²) >= 11 is 0. The van der Waals surface area contributed by atoms with Crippen LogP contribution in [0.2, 0.25) is 0 Å². The SMILES string of the molecule is CC[C@@H](C)[C@@H](NCc1cnc(NC(C)C)nc1)C(=O)O. The Labute approximate surface area is 120 Å². The van der Waals surface area contributed by atoms with Gasteiger partial charge in [0.1, 0.15) is 6.04 Å². The molecule has 0 fully saturated rings. The number of rotatable bonds is 8. The Kier molecular flexibility index (Phi) is 6.38. The quantitative estimate of drug-likeness (QED) is 0.674. The van der Waals surface area contributed by atoms with Crippen LogP contribution in [0.5, 0.6) is 0 Å². The summed E-state index contributed by atoms with van der Waals surface area (Å²) in [4.78, 5) is 19.6. The van der Waals surface area contributed by atoms with E-state index in [-0.39, 0.29) is 12.0 Å². The lowest BCUT2D eigenvalue weighted by Gasteiger charge is -2.20. The van der Waals surface area contributed by atoms with Crippen molar-refractivity contribution in [3.63, 3.8) is 0 Å². The summed E-state index contributed by atoms with van der Waals surface area (Å²) < 4.78 is 0. The van der Waals surface area contributed by atoms with Gasteiger partial charge in [0, 0.05) is 30.5 Å². The van der Waals surface area contributed by atoms with Crippen molar-refractivity contribution in [3.8, 4) is 0 Å². The predicted octanol–water partition coefficient (Wildman–Crippen LogP) is 1.89. The van der Waals surface area contributed by atoms with Gasteiger partial charge in [0.05, 0.1) is 0 Å². The number of hydrogen-bond donors (Lipinski definition) is 3. The third-order valence-electron chi connectivity index (χ3n) is 3.13. The van der Waals surface area contributed by atoms with Crippen molar-refractivity contribution >= 4 is 11.9 Å². The van der Waals surface area contributed by atoms with Crippen LogP contribution in [-0.2, 0) is 11.3 Å². The van der Waals surface area contributed by atoms with Crippen molar-refractivity contribution < 1.29 is 9.90 Å². The summed E-state index contributed by atoms with van der Waals surface area (Å²) in [5.74, 6) is -0.158. The zero-order chi connectivity index (χ0) is 15.1. The molecule has 0 aliphatic heterocycles. The molecule has 6 nitrogen and oxygen atoms in total. The molecule has 0 unspecified atom stereocenters. The topological polar surface area (TPSA) is 87.1 Å². The molecule has 0 aliphatic carbocycles. The average Bonchev–Trinajstić information content (AvgIpc) is 2.39. The fraction of sp³-hybridized carbons (Fsp3) is 0.643. The van der Waals surface area contributed by atoms with E-state index >= 15 is 0 Å². The molecule has 2 atom stereocenters. The number of aromatic nitrogens is 2. The van der Waals surface area contributed by atoms with Gasteiger partial charge in [0.15, 0.2) is 0 Å². The fourth-order valence-corrected chi connectivity index (χ4v) is 1.77. The van der Waals surface area contributed by atoms with E-state index in [1.807, 2.05) is 27.7 Å². The molecule has 0 saturated carbocycles. The van der Waals surface area contributed by atoms with E-state index in [4.69, 9.17) is 0 Å². The molecule has 0 radical (unpaired) electrons. The highest BCUT2D eigenvalue weighted by Gasteiger charge is 2.22. The normalized spacial score (nSPS) is 14.1. The Morgan fingerprint density at radius 2 is 1.90 bits per heavy atom. The highest BCUT2D eigenvalue weighted by Crippen LogP contribution is 2.09. The van der Waals surface area contributed by atoms with Gasteiger partial charge in [-0.1, -0.05) is 20.3 Å². The van der Waals surface area contributed by atoms with Crippen LogP contribution >= 0.6 is 0 Å². The maximum absolute atomic E-state index is 11.2. The van der Waals surface area contributed by atoms with E-state index in [0.29, 0.717) is 12.5 Å². The molecular weight excluding hydrogens is 256 g/mol. The number of hydrogen-bond acceptors (Lipinski definition) is 5. The number of carboxylic acids is 1. The number of carbonyl (C=O) groups is 1. The number of carboxylic acid groups (broad SMARTS) is 1. The molecule has 6 heteroatoms. The highest BCUT2D eigenvalue weighted by atomic mass is 16.4. The second kappa shape index (κ2) is 7.79. The second-order valence-electron chi connectivity index (χ2n) is 5.30. The van der Waals surface area contributed by atoms with Crippen molar-refractivity contribution in [2.45, 2.75) is 52.7 Å². The first-order valence-corrected chi connectivity index (χ1v) is 6.97. The molecule has 20 heavy (non-hydrogen) atoms. The molecule has 0 aromatic carbocycles. The standard InChI is InChI=1S/C14H24N4O2/c1-5-10(4)12(13(19)20)15-6-11-7-16-14(17-8-11)18-9(2)3/h7-10,12,15H,5-6H2,1-4H3,(H,19,20)(H,16,17,18)/t10-,12-/m1/s1. The molecule has 0 aliphatic rings. The zero-order valence-electron chi connectivity index (χ0n) is 12.6. The van der Waals surface area contributed by atoms with Crippen LogP contribution in [0.25, 0.3) is 0 Å².